The molecule has 2 amide bonds. The van der Waals surface area contributed by atoms with Crippen LogP contribution in [0.25, 0.3) is 0 Å². The van der Waals surface area contributed by atoms with Gasteiger partial charge in [-0.15, -0.1) is 0 Å². The number of carbonyl (C=O) groups excluding carboxylic acids is 2. The Hall–Kier alpha value is -1.25. The van der Waals surface area contributed by atoms with E-state index in [4.69, 9.17) is 10.2 Å². The Kier molecular flexibility index (Phi) is 12.7. The van der Waals surface area contributed by atoms with Crippen molar-refractivity contribution in [1.82, 2.24) is 15.5 Å². The van der Waals surface area contributed by atoms with Gasteiger partial charge in [0, 0.05) is 30.1 Å². The number of carboxylic acids is 2. The molecule has 0 rings (SSSR count). The normalized spacial score (nSPS) is 12.7. The van der Waals surface area contributed by atoms with Crippen LogP contribution in [0.5, 0.6) is 0 Å². The van der Waals surface area contributed by atoms with Gasteiger partial charge in [0.2, 0.25) is 11.8 Å². The molecule has 4 N–H and O–H groups in total. The molecule has 0 aromatic rings. The van der Waals surface area contributed by atoms with Gasteiger partial charge in [0.05, 0.1) is 0 Å². The van der Waals surface area contributed by atoms with Crippen LogP contribution in [0.3, 0.4) is 0 Å². The van der Waals surface area contributed by atoms with E-state index in [1.54, 1.807) is 14.1 Å². The molecule has 0 saturated carbocycles. The summed E-state index contributed by atoms with van der Waals surface area (Å²) in [5.74, 6) is -3.41. The molecule has 0 unspecified atom stereocenters. The number of nitrogens with zero attached hydrogens (tertiary/aromatic N) is 1. The number of likely N-dealkylation sites (N-methyl/N-ethyl adjacent to an activating group) is 1. The van der Waals surface area contributed by atoms with E-state index in [2.05, 4.69) is 23.3 Å². The summed E-state index contributed by atoms with van der Waals surface area (Å²) in [7, 11) is 3.18. The number of hydrogen-bond donors (Lipinski definition) is 5. The standard InChI is InChI=1S/C12H21N3O6S.As/c1-15(2)8(12(20)21)3-4-9(16)14-7(6-22)11(19)13-5-10(17)18;/h7-8,22H,3-6H2,1-2H3,(H,13,19)(H,14,16)(H,17,18)(H,20,21);/t7-,8-;/m0./s1. The van der Waals surface area contributed by atoms with Gasteiger partial charge < -0.3 is 20.8 Å². The molecule has 3 radical (unpaired) electrons. The summed E-state index contributed by atoms with van der Waals surface area (Å²) in [6.45, 7) is -0.555. The van der Waals surface area contributed by atoms with Crippen molar-refractivity contribution in [2.24, 2.45) is 0 Å². The molecule has 0 aliphatic rings. The van der Waals surface area contributed by atoms with Gasteiger partial charge in [0.25, 0.3) is 0 Å². The van der Waals surface area contributed by atoms with Crippen molar-refractivity contribution < 1.29 is 29.4 Å². The minimum atomic E-state index is -1.20. The van der Waals surface area contributed by atoms with Crippen LogP contribution in [-0.2, 0) is 19.2 Å². The van der Waals surface area contributed by atoms with E-state index in [0.29, 0.717) is 0 Å². The predicted molar refractivity (Wildman–Crippen MR) is 86.5 cm³/mol. The molecule has 11 heteroatoms. The fraction of sp³-hybridized carbons (Fsp3) is 0.667. The Morgan fingerprint density at radius 2 is 1.74 bits per heavy atom. The minimum absolute atomic E-state index is 0. The third-order valence-corrected chi connectivity index (χ3v) is 3.17. The van der Waals surface area contributed by atoms with E-state index >= 15 is 0 Å². The molecule has 2 atom stereocenters. The number of hydrogen-bond acceptors (Lipinski definition) is 6. The maximum Gasteiger partial charge on any atom is 0.322 e. The van der Waals surface area contributed by atoms with E-state index in [1.165, 1.54) is 4.90 Å². The van der Waals surface area contributed by atoms with E-state index in [9.17, 15) is 19.2 Å². The third kappa shape index (κ3) is 10.2. The molecule has 0 aromatic heterocycles. The van der Waals surface area contributed by atoms with Crippen molar-refractivity contribution in [3.8, 4) is 0 Å². The second-order valence-electron chi connectivity index (χ2n) is 4.77. The zero-order valence-corrected chi connectivity index (χ0v) is 15.6. The predicted octanol–water partition coefficient (Wildman–Crippen LogP) is -1.98. The average Bonchev–Trinajstić information content (AvgIpc) is 2.41. The number of carbonyl (C=O) groups is 4. The molecule has 0 heterocycles. The number of thiol groups is 1. The van der Waals surface area contributed by atoms with Crippen molar-refractivity contribution in [3.63, 3.8) is 0 Å². The Morgan fingerprint density at radius 3 is 2.13 bits per heavy atom. The summed E-state index contributed by atoms with van der Waals surface area (Å²) < 4.78 is 0. The minimum Gasteiger partial charge on any atom is -0.480 e. The Bertz CT molecular complexity index is 435. The van der Waals surface area contributed by atoms with Crippen LogP contribution < -0.4 is 10.6 Å². The van der Waals surface area contributed by atoms with Gasteiger partial charge in [-0.3, -0.25) is 24.1 Å². The molecule has 0 fully saturated rings. The first-order valence-electron chi connectivity index (χ1n) is 6.48. The monoisotopic (exact) mass is 410 g/mol. The largest absolute Gasteiger partial charge is 0.480 e. The fourth-order valence-corrected chi connectivity index (χ4v) is 1.87. The van der Waals surface area contributed by atoms with Crippen LogP contribution in [0.1, 0.15) is 12.8 Å². The summed E-state index contributed by atoms with van der Waals surface area (Å²) in [5.41, 5.74) is 0. The first-order chi connectivity index (χ1) is 10.2. The van der Waals surface area contributed by atoms with E-state index < -0.39 is 42.4 Å². The molecule has 0 bridgehead atoms. The number of amides is 2. The molecule has 0 saturated heterocycles. The summed E-state index contributed by atoms with van der Waals surface area (Å²) in [6, 6.07) is -1.78. The molecular formula is C12H21AsN3O6S. The number of rotatable bonds is 10. The topological polar surface area (TPSA) is 136 Å². The molecule has 0 aliphatic heterocycles. The SMILES string of the molecule is CN(C)[C@@H](CCC(=O)N[C@@H](CS)C(=O)NCC(=O)O)C(=O)O.[As]. The van der Waals surface area contributed by atoms with Gasteiger partial charge in [-0.05, 0) is 20.5 Å². The number of aliphatic carboxylic acids is 2. The van der Waals surface area contributed by atoms with Crippen molar-refractivity contribution in [2.75, 3.05) is 26.4 Å². The van der Waals surface area contributed by atoms with E-state index in [-0.39, 0.29) is 36.5 Å². The van der Waals surface area contributed by atoms with Gasteiger partial charge in [-0.25, -0.2) is 0 Å². The first-order valence-corrected chi connectivity index (χ1v) is 7.11. The van der Waals surface area contributed by atoms with Gasteiger partial charge in [-0.1, -0.05) is 0 Å². The van der Waals surface area contributed by atoms with Crippen LogP contribution in [-0.4, -0.2) is 95.3 Å². The van der Waals surface area contributed by atoms with Crippen LogP contribution >= 0.6 is 12.6 Å². The van der Waals surface area contributed by atoms with Crippen LogP contribution in [0.2, 0.25) is 0 Å². The Morgan fingerprint density at radius 1 is 1.17 bits per heavy atom. The summed E-state index contributed by atoms with van der Waals surface area (Å²) in [6.07, 6.45) is 0.00976. The van der Waals surface area contributed by atoms with Crippen molar-refractivity contribution >= 4 is 54.3 Å². The van der Waals surface area contributed by atoms with Crippen LogP contribution in [0, 0.1) is 0 Å². The summed E-state index contributed by atoms with van der Waals surface area (Å²) in [4.78, 5) is 46.2. The molecule has 23 heavy (non-hydrogen) atoms. The molecule has 0 aliphatic carbocycles. The van der Waals surface area contributed by atoms with Crippen LogP contribution in [0.4, 0.5) is 0 Å². The molecule has 9 nitrogen and oxygen atoms in total. The van der Waals surface area contributed by atoms with Crippen molar-refractivity contribution in [1.29, 1.82) is 0 Å². The number of carboxylic acid groups (broad SMARTS) is 2. The van der Waals surface area contributed by atoms with Crippen molar-refractivity contribution in [3.05, 3.63) is 0 Å². The molecule has 0 aromatic carbocycles. The van der Waals surface area contributed by atoms with Gasteiger partial charge in [0.1, 0.15) is 18.6 Å². The maximum absolute atomic E-state index is 11.8. The van der Waals surface area contributed by atoms with Gasteiger partial charge in [0.15, 0.2) is 0 Å². The average molecular weight is 410 g/mol. The Labute approximate surface area is 150 Å². The zero-order chi connectivity index (χ0) is 17.3. The Balaban J connectivity index is 0. The molecular weight excluding hydrogens is 389 g/mol. The quantitative estimate of drug-likeness (QED) is 0.208. The molecule has 131 valence electrons. The summed E-state index contributed by atoms with van der Waals surface area (Å²) in [5, 5.41) is 22.0. The fourth-order valence-electron chi connectivity index (χ4n) is 1.62. The second kappa shape index (κ2) is 12.2. The maximum atomic E-state index is 11.8. The second-order valence-corrected chi connectivity index (χ2v) is 5.14. The van der Waals surface area contributed by atoms with Crippen molar-refractivity contribution in [2.45, 2.75) is 24.9 Å². The van der Waals surface area contributed by atoms with Crippen LogP contribution in [0.15, 0.2) is 0 Å². The van der Waals surface area contributed by atoms with E-state index in [1.807, 2.05) is 0 Å². The van der Waals surface area contributed by atoms with Gasteiger partial charge in [-0.2, -0.15) is 12.6 Å². The van der Waals surface area contributed by atoms with Gasteiger partial charge >= 0.3 is 11.9 Å². The molecule has 0 spiro atoms. The smallest absolute Gasteiger partial charge is 0.322 e. The third-order valence-electron chi connectivity index (χ3n) is 2.80. The summed E-state index contributed by atoms with van der Waals surface area (Å²) >= 11 is 3.92. The first kappa shape index (κ1) is 24.0. The number of nitrogens with one attached hydrogen (secondary N) is 2. The van der Waals surface area contributed by atoms with E-state index in [0.717, 1.165) is 0 Å². The zero-order valence-electron chi connectivity index (χ0n) is 12.9.